The second-order valence-electron chi connectivity index (χ2n) is 6.75. The molecule has 0 spiro atoms. The van der Waals surface area contributed by atoms with Gasteiger partial charge in [-0.05, 0) is 42.8 Å². The zero-order chi connectivity index (χ0) is 18.2. The van der Waals surface area contributed by atoms with Crippen LogP contribution in [0.2, 0.25) is 0 Å². The van der Waals surface area contributed by atoms with Crippen molar-refractivity contribution in [3.8, 4) is 0 Å². The van der Waals surface area contributed by atoms with Crippen LogP contribution in [0.25, 0.3) is 0 Å². The van der Waals surface area contributed by atoms with E-state index in [0.717, 1.165) is 57.5 Å². The second kappa shape index (κ2) is 9.57. The Morgan fingerprint density at radius 1 is 1.23 bits per heavy atom. The molecule has 0 amide bonds. The van der Waals surface area contributed by atoms with E-state index in [1.54, 1.807) is 0 Å². The average molecular weight is 372 g/mol. The van der Waals surface area contributed by atoms with E-state index in [9.17, 15) is 0 Å². The number of hydrogen-bond donors (Lipinski definition) is 1. The molecule has 1 fully saturated rings. The van der Waals surface area contributed by atoms with Crippen LogP contribution < -0.4 is 10.2 Å². The quantitative estimate of drug-likeness (QED) is 0.626. The highest BCUT2D eigenvalue weighted by Gasteiger charge is 2.20. The summed E-state index contributed by atoms with van der Waals surface area (Å²) in [5.74, 6) is 2.67. The topological polar surface area (TPSA) is 43.8 Å². The third kappa shape index (κ3) is 5.21. The molecule has 1 N–H and O–H groups in total. The summed E-state index contributed by atoms with van der Waals surface area (Å²) in [6.07, 6.45) is 2.97. The molecule has 5 nitrogen and oxygen atoms in total. The molecule has 2 aromatic heterocycles. The Morgan fingerprint density at radius 2 is 2.08 bits per heavy atom. The number of aromatic nitrogens is 1. The summed E-state index contributed by atoms with van der Waals surface area (Å²) >= 11 is 1.84. The molecule has 0 bridgehead atoms. The summed E-state index contributed by atoms with van der Waals surface area (Å²) in [5, 5.41) is 5.61. The van der Waals surface area contributed by atoms with E-state index in [0.29, 0.717) is 5.92 Å². The van der Waals surface area contributed by atoms with E-state index in [4.69, 9.17) is 4.99 Å². The van der Waals surface area contributed by atoms with Crippen molar-refractivity contribution in [2.75, 3.05) is 44.2 Å². The monoisotopic (exact) mass is 371 g/mol. The van der Waals surface area contributed by atoms with E-state index in [1.165, 1.54) is 4.88 Å². The number of aliphatic imine (C=N–C) groups is 1. The molecular formula is C20H29N5S. The lowest BCUT2D eigenvalue weighted by molar-refractivity contribution is 0.370. The molecule has 140 valence electrons. The maximum atomic E-state index is 4.92. The second-order valence-corrected chi connectivity index (χ2v) is 7.78. The van der Waals surface area contributed by atoms with Crippen LogP contribution in [0, 0.1) is 5.92 Å². The lowest BCUT2D eigenvalue weighted by atomic mass is 10.1. The number of nitrogens with zero attached hydrogens (tertiary/aromatic N) is 4. The number of nitrogens with one attached hydrogen (secondary N) is 1. The standard InChI is InChI=1S/C20H29N5S/c1-3-21-20(23-16-17(2)15-18-7-6-14-26-18)25-12-10-24(11-13-25)19-8-4-5-9-22-19/h4-9,14,17H,3,10-13,15-16H2,1-2H3,(H,21,23). The average Bonchev–Trinajstić information content (AvgIpc) is 3.19. The van der Waals surface area contributed by atoms with Gasteiger partial charge in [0.05, 0.1) is 0 Å². The third-order valence-electron chi connectivity index (χ3n) is 4.57. The summed E-state index contributed by atoms with van der Waals surface area (Å²) in [7, 11) is 0. The van der Waals surface area contributed by atoms with Gasteiger partial charge in [0, 0.05) is 50.3 Å². The first-order valence-corrected chi connectivity index (χ1v) is 10.4. The first kappa shape index (κ1) is 18.7. The van der Waals surface area contributed by atoms with Crippen molar-refractivity contribution >= 4 is 23.1 Å². The number of rotatable bonds is 6. The summed E-state index contributed by atoms with van der Waals surface area (Å²) in [6, 6.07) is 10.4. The third-order valence-corrected chi connectivity index (χ3v) is 5.47. The van der Waals surface area contributed by atoms with Crippen molar-refractivity contribution in [3.05, 3.63) is 46.8 Å². The zero-order valence-corrected chi connectivity index (χ0v) is 16.6. The van der Waals surface area contributed by atoms with Gasteiger partial charge in [-0.2, -0.15) is 0 Å². The Bertz CT molecular complexity index is 663. The molecule has 2 aromatic rings. The molecule has 0 radical (unpaired) electrons. The minimum Gasteiger partial charge on any atom is -0.357 e. The highest BCUT2D eigenvalue weighted by Crippen LogP contribution is 2.15. The molecule has 3 rings (SSSR count). The van der Waals surface area contributed by atoms with Gasteiger partial charge in [-0.3, -0.25) is 4.99 Å². The maximum Gasteiger partial charge on any atom is 0.194 e. The highest BCUT2D eigenvalue weighted by atomic mass is 32.1. The van der Waals surface area contributed by atoms with Gasteiger partial charge in [0.2, 0.25) is 0 Å². The van der Waals surface area contributed by atoms with Gasteiger partial charge in [-0.1, -0.05) is 19.1 Å². The van der Waals surface area contributed by atoms with Crippen LogP contribution in [-0.4, -0.2) is 55.1 Å². The van der Waals surface area contributed by atoms with Gasteiger partial charge in [0.25, 0.3) is 0 Å². The number of hydrogen-bond acceptors (Lipinski definition) is 4. The van der Waals surface area contributed by atoms with Crippen LogP contribution in [0.5, 0.6) is 0 Å². The maximum absolute atomic E-state index is 4.92. The SMILES string of the molecule is CCNC(=NCC(C)Cc1cccs1)N1CCN(c2ccccn2)CC1. The van der Waals surface area contributed by atoms with Crippen molar-refractivity contribution in [1.82, 2.24) is 15.2 Å². The summed E-state index contributed by atoms with van der Waals surface area (Å²) in [4.78, 5) is 15.6. The van der Waals surface area contributed by atoms with Crippen LogP contribution in [0.3, 0.4) is 0 Å². The number of guanidine groups is 1. The lowest BCUT2D eigenvalue weighted by Crippen LogP contribution is -2.52. The molecule has 1 aliphatic heterocycles. The molecular weight excluding hydrogens is 342 g/mol. The molecule has 0 aliphatic carbocycles. The fraction of sp³-hybridized carbons (Fsp3) is 0.500. The molecule has 3 heterocycles. The van der Waals surface area contributed by atoms with Gasteiger partial charge >= 0.3 is 0 Å². The van der Waals surface area contributed by atoms with Gasteiger partial charge < -0.3 is 15.1 Å². The van der Waals surface area contributed by atoms with Crippen molar-refractivity contribution in [1.29, 1.82) is 0 Å². The Morgan fingerprint density at radius 3 is 2.73 bits per heavy atom. The Balaban J connectivity index is 1.54. The van der Waals surface area contributed by atoms with Gasteiger partial charge in [-0.25, -0.2) is 4.98 Å². The van der Waals surface area contributed by atoms with E-state index in [2.05, 4.69) is 63.6 Å². The van der Waals surface area contributed by atoms with Crippen molar-refractivity contribution in [2.24, 2.45) is 10.9 Å². The predicted octanol–water partition coefficient (Wildman–Crippen LogP) is 3.11. The summed E-state index contributed by atoms with van der Waals surface area (Å²) < 4.78 is 0. The molecule has 0 saturated carbocycles. The summed E-state index contributed by atoms with van der Waals surface area (Å²) in [6.45, 7) is 10.1. The Labute approximate surface area is 160 Å². The van der Waals surface area contributed by atoms with Crippen LogP contribution in [0.15, 0.2) is 46.9 Å². The van der Waals surface area contributed by atoms with E-state index >= 15 is 0 Å². The fourth-order valence-electron chi connectivity index (χ4n) is 3.19. The minimum atomic E-state index is 0.553. The normalized spacial score (nSPS) is 16.6. The molecule has 1 atom stereocenters. The van der Waals surface area contributed by atoms with Crippen LogP contribution in [0.4, 0.5) is 5.82 Å². The Hall–Kier alpha value is -2.08. The Kier molecular flexibility index (Phi) is 6.89. The first-order valence-electron chi connectivity index (χ1n) is 9.48. The van der Waals surface area contributed by atoms with Gasteiger partial charge in [-0.15, -0.1) is 11.3 Å². The zero-order valence-electron chi connectivity index (χ0n) is 15.8. The predicted molar refractivity (Wildman–Crippen MR) is 111 cm³/mol. The summed E-state index contributed by atoms with van der Waals surface area (Å²) in [5.41, 5.74) is 0. The largest absolute Gasteiger partial charge is 0.357 e. The fourth-order valence-corrected chi connectivity index (χ4v) is 4.06. The number of thiophene rings is 1. The van der Waals surface area contributed by atoms with E-state index in [1.807, 2.05) is 23.6 Å². The van der Waals surface area contributed by atoms with Gasteiger partial charge in [0.1, 0.15) is 5.82 Å². The van der Waals surface area contributed by atoms with Crippen LogP contribution in [-0.2, 0) is 6.42 Å². The molecule has 1 saturated heterocycles. The highest BCUT2D eigenvalue weighted by molar-refractivity contribution is 7.09. The minimum absolute atomic E-state index is 0.553. The number of pyridine rings is 1. The molecule has 26 heavy (non-hydrogen) atoms. The number of piperazine rings is 1. The van der Waals surface area contributed by atoms with Crippen molar-refractivity contribution < 1.29 is 0 Å². The van der Waals surface area contributed by atoms with E-state index < -0.39 is 0 Å². The molecule has 6 heteroatoms. The molecule has 0 aromatic carbocycles. The van der Waals surface area contributed by atoms with Crippen LogP contribution in [0.1, 0.15) is 18.7 Å². The smallest absolute Gasteiger partial charge is 0.194 e. The van der Waals surface area contributed by atoms with Crippen molar-refractivity contribution in [3.63, 3.8) is 0 Å². The lowest BCUT2D eigenvalue weighted by Gasteiger charge is -2.37. The molecule has 1 unspecified atom stereocenters. The van der Waals surface area contributed by atoms with Gasteiger partial charge in [0.15, 0.2) is 5.96 Å². The van der Waals surface area contributed by atoms with Crippen LogP contribution >= 0.6 is 11.3 Å². The molecule has 1 aliphatic rings. The van der Waals surface area contributed by atoms with Crippen molar-refractivity contribution in [2.45, 2.75) is 20.3 Å². The van der Waals surface area contributed by atoms with E-state index in [-0.39, 0.29) is 0 Å². The first-order chi connectivity index (χ1) is 12.8. The number of anilines is 1.